The van der Waals surface area contributed by atoms with E-state index in [2.05, 4.69) is 0 Å². The number of primary amides is 1. The summed E-state index contributed by atoms with van der Waals surface area (Å²) >= 11 is 2.60. The number of carboxylic acid groups (broad SMARTS) is 1. The van der Waals surface area contributed by atoms with Crippen LogP contribution in [0.2, 0.25) is 0 Å². The highest BCUT2D eigenvalue weighted by Crippen LogP contribution is 2.52. The lowest BCUT2D eigenvalue weighted by molar-refractivity contribution is -0.384. The third kappa shape index (κ3) is 5.90. The van der Waals surface area contributed by atoms with Crippen LogP contribution in [0.15, 0.2) is 34.9 Å². The van der Waals surface area contributed by atoms with Crippen molar-refractivity contribution in [2.24, 2.45) is 17.6 Å². The Morgan fingerprint density at radius 1 is 1.27 bits per heavy atom. The van der Waals surface area contributed by atoms with Gasteiger partial charge >= 0.3 is 12.1 Å². The number of carboxylic acids is 1. The Bertz CT molecular complexity index is 1240. The average Bonchev–Trinajstić information content (AvgIpc) is 3.39. The smallest absolute Gasteiger partial charge is 0.410 e. The molecule has 6 atom stereocenters. The molecule has 216 valence electrons. The molecular formula is C25H30N4O9S2. The van der Waals surface area contributed by atoms with E-state index in [1.54, 1.807) is 0 Å². The number of ether oxygens (including phenoxy) is 1. The molecule has 0 radical (unpaired) electrons. The van der Waals surface area contributed by atoms with Gasteiger partial charge < -0.3 is 30.5 Å². The summed E-state index contributed by atoms with van der Waals surface area (Å²) in [7, 11) is 0. The highest BCUT2D eigenvalue weighted by atomic mass is 32.2. The third-order valence-corrected chi connectivity index (χ3v) is 9.88. The van der Waals surface area contributed by atoms with Crippen LogP contribution in [0.25, 0.3) is 0 Å². The van der Waals surface area contributed by atoms with Crippen LogP contribution in [0.1, 0.15) is 25.8 Å². The number of nitro groups is 1. The molecule has 3 aliphatic rings. The fourth-order valence-corrected chi connectivity index (χ4v) is 7.91. The molecule has 1 aromatic carbocycles. The Balaban J connectivity index is 1.47. The van der Waals surface area contributed by atoms with E-state index in [0.29, 0.717) is 22.6 Å². The molecule has 2 fully saturated rings. The number of fused-ring (bicyclic) bond motifs is 1. The maximum absolute atomic E-state index is 13.1. The van der Waals surface area contributed by atoms with Gasteiger partial charge in [0.25, 0.3) is 5.69 Å². The van der Waals surface area contributed by atoms with E-state index in [4.69, 9.17) is 10.5 Å². The summed E-state index contributed by atoms with van der Waals surface area (Å²) in [6.07, 6.45) is -1.02. The van der Waals surface area contributed by atoms with Crippen LogP contribution in [0, 0.1) is 22.0 Å². The number of nitrogens with zero attached hydrogens (tertiary/aromatic N) is 3. The minimum absolute atomic E-state index is 0.0742. The maximum atomic E-state index is 13.1. The molecule has 1 aromatic rings. The minimum atomic E-state index is -1.22. The average molecular weight is 595 g/mol. The van der Waals surface area contributed by atoms with Crippen molar-refractivity contribution in [2.75, 3.05) is 18.1 Å². The topological polar surface area (TPSA) is 194 Å². The number of aliphatic hydroxyl groups is 1. The van der Waals surface area contributed by atoms with Gasteiger partial charge in [-0.25, -0.2) is 9.59 Å². The summed E-state index contributed by atoms with van der Waals surface area (Å²) in [5.41, 5.74) is 5.67. The zero-order valence-corrected chi connectivity index (χ0v) is 23.4. The van der Waals surface area contributed by atoms with E-state index in [0.717, 1.165) is 0 Å². The number of aliphatic hydroxyl groups excluding tert-OH is 1. The SMILES string of the molecule is C[C@@H](O)[C@H]1C(=O)N2C(C(=O)O)=C(S[C@H]3C[C@@H](CSCC(N)=O)N(C(=O)OCc4ccc([N+](=O)[O-])cc4)C3)[C@H](C)[C@H]12. The summed E-state index contributed by atoms with van der Waals surface area (Å²) in [4.78, 5) is 62.8. The lowest BCUT2D eigenvalue weighted by atomic mass is 9.79. The number of aliphatic carboxylic acids is 1. The van der Waals surface area contributed by atoms with Gasteiger partial charge in [-0.05, 0) is 31.0 Å². The van der Waals surface area contributed by atoms with Gasteiger partial charge in [-0.2, -0.15) is 0 Å². The number of benzene rings is 1. The molecule has 4 rings (SSSR count). The second-order valence-electron chi connectivity index (χ2n) is 10.0. The monoisotopic (exact) mass is 594 g/mol. The summed E-state index contributed by atoms with van der Waals surface area (Å²) in [5, 5.41) is 30.7. The van der Waals surface area contributed by atoms with Crippen molar-refractivity contribution < 1.29 is 39.1 Å². The molecule has 13 nitrogen and oxygen atoms in total. The Morgan fingerprint density at radius 2 is 1.95 bits per heavy atom. The number of carbonyl (C=O) groups is 4. The number of thioether (sulfide) groups is 2. The Kier molecular flexibility index (Phi) is 8.95. The van der Waals surface area contributed by atoms with Crippen LogP contribution in [-0.4, -0.2) is 90.3 Å². The Labute approximate surface area is 238 Å². The number of likely N-dealkylation sites (tertiary alicyclic amines) is 1. The number of hydrogen-bond donors (Lipinski definition) is 3. The predicted molar refractivity (Wildman–Crippen MR) is 146 cm³/mol. The van der Waals surface area contributed by atoms with Crippen LogP contribution < -0.4 is 5.73 Å². The molecule has 0 aliphatic carbocycles. The highest BCUT2D eigenvalue weighted by molar-refractivity contribution is 8.03. The predicted octanol–water partition coefficient (Wildman–Crippen LogP) is 1.78. The van der Waals surface area contributed by atoms with Gasteiger partial charge in [0.1, 0.15) is 12.3 Å². The number of β-lactam (4-membered cyclic amide) rings is 1. The van der Waals surface area contributed by atoms with Crippen LogP contribution in [0.4, 0.5) is 10.5 Å². The fraction of sp³-hybridized carbons (Fsp3) is 0.520. The van der Waals surface area contributed by atoms with E-state index in [1.807, 2.05) is 6.92 Å². The van der Waals surface area contributed by atoms with Crippen LogP contribution in [0.5, 0.6) is 0 Å². The first-order valence-corrected chi connectivity index (χ1v) is 14.6. The van der Waals surface area contributed by atoms with Gasteiger partial charge in [-0.1, -0.05) is 6.92 Å². The van der Waals surface area contributed by atoms with Gasteiger partial charge in [0.15, 0.2) is 0 Å². The van der Waals surface area contributed by atoms with Crippen molar-refractivity contribution >= 4 is 53.1 Å². The number of rotatable bonds is 11. The summed E-state index contributed by atoms with van der Waals surface area (Å²) < 4.78 is 5.49. The van der Waals surface area contributed by atoms with E-state index in [1.165, 1.54) is 64.5 Å². The molecule has 15 heteroatoms. The lowest BCUT2D eigenvalue weighted by Gasteiger charge is -2.46. The zero-order chi connectivity index (χ0) is 29.3. The van der Waals surface area contributed by atoms with E-state index < -0.39 is 46.9 Å². The number of amides is 3. The molecule has 40 heavy (non-hydrogen) atoms. The second kappa shape index (κ2) is 12.1. The van der Waals surface area contributed by atoms with Gasteiger partial charge in [0.2, 0.25) is 11.8 Å². The number of hydrogen-bond acceptors (Lipinski definition) is 10. The number of nitro benzene ring substituents is 1. The lowest BCUT2D eigenvalue weighted by Crippen LogP contribution is -2.63. The maximum Gasteiger partial charge on any atom is 0.410 e. The molecule has 0 saturated carbocycles. The molecule has 0 bridgehead atoms. The standard InChI is InChI=1S/C25H30N4O9S2/c1-12-20-19(13(2)30)23(32)28(20)21(24(33)34)22(12)40-17-7-16(10-39-11-18(26)31)27(8-17)25(35)38-9-14-3-5-15(6-4-14)29(36)37/h3-6,12-13,16-17,19-20,30H,7-11H2,1-2H3,(H2,26,31)(H,33,34)/t12-,13-,16+,17+,19-,20-/m1/s1. The van der Waals surface area contributed by atoms with Crippen LogP contribution in [0.3, 0.4) is 0 Å². The van der Waals surface area contributed by atoms with E-state index in [9.17, 15) is 39.5 Å². The van der Waals surface area contributed by atoms with Crippen LogP contribution >= 0.6 is 23.5 Å². The summed E-state index contributed by atoms with van der Waals surface area (Å²) in [5.74, 6) is -2.62. The van der Waals surface area contributed by atoms with Crippen molar-refractivity contribution in [3.8, 4) is 0 Å². The van der Waals surface area contributed by atoms with Crippen molar-refractivity contribution in [1.82, 2.24) is 9.80 Å². The molecule has 0 spiro atoms. The molecule has 3 heterocycles. The van der Waals surface area contributed by atoms with Crippen molar-refractivity contribution in [1.29, 1.82) is 0 Å². The van der Waals surface area contributed by atoms with Gasteiger partial charge in [-0.3, -0.25) is 19.7 Å². The largest absolute Gasteiger partial charge is 0.477 e. The number of carbonyl (C=O) groups excluding carboxylic acids is 3. The normalized spacial score (nSPS) is 26.4. The molecular weight excluding hydrogens is 564 g/mol. The summed E-state index contributed by atoms with van der Waals surface area (Å²) in [6, 6.07) is 4.89. The van der Waals surface area contributed by atoms with Gasteiger partial charge in [-0.15, -0.1) is 23.5 Å². The quantitative estimate of drug-likeness (QED) is 0.192. The molecule has 3 amide bonds. The van der Waals surface area contributed by atoms with Gasteiger partial charge in [0.05, 0.1) is 28.7 Å². The highest BCUT2D eigenvalue weighted by Gasteiger charge is 2.60. The first-order chi connectivity index (χ1) is 18.9. The van der Waals surface area contributed by atoms with Gasteiger partial charge in [0, 0.05) is 46.5 Å². The second-order valence-corrected chi connectivity index (χ2v) is 12.4. The van der Waals surface area contributed by atoms with Crippen LogP contribution in [-0.2, 0) is 25.7 Å². The number of non-ortho nitro benzene ring substituents is 1. The zero-order valence-electron chi connectivity index (χ0n) is 21.8. The van der Waals surface area contributed by atoms with Crippen molar-refractivity contribution in [3.05, 3.63) is 50.5 Å². The first-order valence-electron chi connectivity index (χ1n) is 12.6. The number of nitrogens with two attached hydrogens (primary N) is 1. The third-order valence-electron chi connectivity index (χ3n) is 7.28. The Hall–Kier alpha value is -3.30. The Morgan fingerprint density at radius 3 is 2.52 bits per heavy atom. The molecule has 2 saturated heterocycles. The molecule has 4 N–H and O–H groups in total. The first kappa shape index (κ1) is 29.7. The molecule has 0 unspecified atom stereocenters. The van der Waals surface area contributed by atoms with E-state index in [-0.39, 0.29) is 47.5 Å². The van der Waals surface area contributed by atoms with E-state index >= 15 is 0 Å². The summed E-state index contributed by atoms with van der Waals surface area (Å²) in [6.45, 7) is 3.50. The fourth-order valence-electron chi connectivity index (χ4n) is 5.44. The molecule has 0 aromatic heterocycles. The van der Waals surface area contributed by atoms with Crippen molar-refractivity contribution in [2.45, 2.75) is 50.3 Å². The minimum Gasteiger partial charge on any atom is -0.477 e. The molecule has 3 aliphatic heterocycles. The van der Waals surface area contributed by atoms with Crippen molar-refractivity contribution in [3.63, 3.8) is 0 Å².